The normalized spacial score (nSPS) is 13.4. The average Bonchev–Trinajstić information content (AvgIpc) is 3.13. The quantitative estimate of drug-likeness (QED) is 0.540. The third-order valence-corrected chi connectivity index (χ3v) is 5.01. The van der Waals surface area contributed by atoms with E-state index < -0.39 is 17.2 Å². The largest absolute Gasteiger partial charge is 0.489 e. The molecule has 0 fully saturated rings. The van der Waals surface area contributed by atoms with E-state index in [2.05, 4.69) is 40.3 Å². The van der Waals surface area contributed by atoms with E-state index in [1.54, 1.807) is 16.9 Å². The van der Waals surface area contributed by atoms with Crippen LogP contribution < -0.4 is 10.1 Å². The highest BCUT2D eigenvalue weighted by Gasteiger charge is 2.31. The predicted octanol–water partition coefficient (Wildman–Crippen LogP) is 4.68. The van der Waals surface area contributed by atoms with Crippen LogP contribution in [-0.4, -0.2) is 43.4 Å². The maximum absolute atomic E-state index is 12.4. The minimum absolute atomic E-state index is 0.265. The van der Waals surface area contributed by atoms with Gasteiger partial charge in [0.05, 0.1) is 40.4 Å². The third-order valence-electron chi connectivity index (χ3n) is 5.01. The van der Waals surface area contributed by atoms with E-state index in [0.29, 0.717) is 34.3 Å². The van der Waals surface area contributed by atoms with Crippen molar-refractivity contribution in [3.63, 3.8) is 0 Å². The molecular formula is C25H32N6O3. The van der Waals surface area contributed by atoms with Crippen molar-refractivity contribution in [3.05, 3.63) is 42.0 Å². The zero-order chi connectivity index (χ0) is 25.1. The fraction of sp³-hybridized carbons (Fsp3) is 0.480. The number of alkyl carbamates (subject to hydrolysis) is 1. The Kier molecular flexibility index (Phi) is 7.10. The van der Waals surface area contributed by atoms with Crippen molar-refractivity contribution in [1.29, 1.82) is 5.26 Å². The maximum atomic E-state index is 12.4. The number of amides is 1. The molecule has 1 unspecified atom stereocenters. The van der Waals surface area contributed by atoms with Gasteiger partial charge in [0.25, 0.3) is 0 Å². The van der Waals surface area contributed by atoms with Crippen molar-refractivity contribution in [2.24, 2.45) is 5.92 Å². The summed E-state index contributed by atoms with van der Waals surface area (Å²) >= 11 is 0. The smallest absolute Gasteiger partial charge is 0.408 e. The fourth-order valence-corrected chi connectivity index (χ4v) is 3.80. The van der Waals surface area contributed by atoms with Gasteiger partial charge < -0.3 is 14.8 Å². The van der Waals surface area contributed by atoms with E-state index in [-0.39, 0.29) is 6.61 Å². The van der Waals surface area contributed by atoms with Gasteiger partial charge in [0.1, 0.15) is 24.0 Å². The molecule has 3 aromatic heterocycles. The first-order valence-corrected chi connectivity index (χ1v) is 11.2. The maximum Gasteiger partial charge on any atom is 0.408 e. The zero-order valence-corrected chi connectivity index (χ0v) is 20.8. The molecule has 1 atom stereocenters. The summed E-state index contributed by atoms with van der Waals surface area (Å²) in [7, 11) is 0. The molecule has 0 radical (unpaired) electrons. The molecule has 3 rings (SSSR count). The number of hydrogen-bond donors (Lipinski definition) is 1. The number of ether oxygens (including phenoxy) is 2. The van der Waals surface area contributed by atoms with Crippen molar-refractivity contribution >= 4 is 11.7 Å². The highest BCUT2D eigenvalue weighted by Crippen LogP contribution is 2.27. The number of carbonyl (C=O) groups is 1. The van der Waals surface area contributed by atoms with Gasteiger partial charge in [-0.3, -0.25) is 0 Å². The molecule has 34 heavy (non-hydrogen) atoms. The number of nitriles is 1. The Hall–Kier alpha value is -3.67. The van der Waals surface area contributed by atoms with Crippen LogP contribution in [0.2, 0.25) is 0 Å². The molecule has 180 valence electrons. The van der Waals surface area contributed by atoms with Crippen LogP contribution >= 0.6 is 0 Å². The Bertz CT molecular complexity index is 1220. The van der Waals surface area contributed by atoms with Crippen LogP contribution in [0.3, 0.4) is 0 Å². The van der Waals surface area contributed by atoms with Crippen molar-refractivity contribution in [2.75, 3.05) is 6.61 Å². The Labute approximate surface area is 200 Å². The van der Waals surface area contributed by atoms with Crippen LogP contribution in [0.25, 0.3) is 16.9 Å². The van der Waals surface area contributed by atoms with Gasteiger partial charge in [-0.15, -0.1) is 0 Å². The number of nitrogens with zero attached hydrogens (tertiary/aromatic N) is 5. The molecule has 3 heterocycles. The van der Waals surface area contributed by atoms with Crippen LogP contribution in [0.1, 0.15) is 59.2 Å². The summed E-state index contributed by atoms with van der Waals surface area (Å²) < 4.78 is 13.1. The van der Waals surface area contributed by atoms with Gasteiger partial charge in [-0.05, 0) is 59.1 Å². The summed E-state index contributed by atoms with van der Waals surface area (Å²) in [5, 5.41) is 16.3. The molecule has 3 aromatic rings. The summed E-state index contributed by atoms with van der Waals surface area (Å²) in [6.07, 6.45) is 5.07. The summed E-state index contributed by atoms with van der Waals surface area (Å²) in [6, 6.07) is 5.76. The fourth-order valence-electron chi connectivity index (χ4n) is 3.80. The van der Waals surface area contributed by atoms with Crippen molar-refractivity contribution in [3.8, 4) is 23.1 Å². The van der Waals surface area contributed by atoms with E-state index in [4.69, 9.17) is 14.7 Å². The second-order valence-electron chi connectivity index (χ2n) is 10.1. The molecule has 0 aliphatic carbocycles. The molecule has 9 heteroatoms. The number of fused-ring (bicyclic) bond motifs is 1. The molecule has 0 saturated heterocycles. The molecule has 0 bridgehead atoms. The van der Waals surface area contributed by atoms with Crippen LogP contribution in [0.5, 0.6) is 5.75 Å². The zero-order valence-electron chi connectivity index (χ0n) is 20.8. The number of aromatic nitrogens is 4. The molecule has 0 aliphatic rings. The van der Waals surface area contributed by atoms with Gasteiger partial charge in [0.2, 0.25) is 0 Å². The van der Waals surface area contributed by atoms with Crippen LogP contribution in [0.15, 0.2) is 30.7 Å². The molecule has 0 spiro atoms. The lowest BCUT2D eigenvalue weighted by Gasteiger charge is -2.33. The van der Waals surface area contributed by atoms with Gasteiger partial charge in [-0.25, -0.2) is 19.3 Å². The predicted molar refractivity (Wildman–Crippen MR) is 128 cm³/mol. The Morgan fingerprint density at radius 3 is 2.59 bits per heavy atom. The van der Waals surface area contributed by atoms with Crippen molar-refractivity contribution in [2.45, 2.75) is 66.0 Å². The van der Waals surface area contributed by atoms with E-state index in [0.717, 1.165) is 12.0 Å². The van der Waals surface area contributed by atoms with Crippen LogP contribution in [0, 0.1) is 24.2 Å². The molecule has 1 N–H and O–H groups in total. The van der Waals surface area contributed by atoms with Gasteiger partial charge in [0.15, 0.2) is 5.65 Å². The van der Waals surface area contributed by atoms with Crippen LogP contribution in [-0.2, 0) is 4.74 Å². The molecule has 0 saturated carbocycles. The van der Waals surface area contributed by atoms with Gasteiger partial charge in [-0.2, -0.15) is 10.4 Å². The summed E-state index contributed by atoms with van der Waals surface area (Å²) in [5.41, 5.74) is 2.01. The first-order chi connectivity index (χ1) is 15.9. The highest BCUT2D eigenvalue weighted by atomic mass is 16.6. The number of hydrogen-bond acceptors (Lipinski definition) is 7. The number of aryl methyl sites for hydroxylation is 1. The standard InChI is InChI=1S/C25H32N6O3/c1-16(2)10-25(7,30-23(32)34-24(4,5)6)15-33-21-9-8-20(29-17(21)3)19-13-28-31-14-18(11-26)12-27-22(19)31/h8-9,12-14,16H,10,15H2,1-7H3,(H,30,32). The van der Waals surface area contributed by atoms with Gasteiger partial charge >= 0.3 is 6.09 Å². The minimum Gasteiger partial charge on any atom is -0.489 e. The minimum atomic E-state index is -0.619. The lowest BCUT2D eigenvalue weighted by atomic mass is 9.91. The molecular weight excluding hydrogens is 432 g/mol. The summed E-state index contributed by atoms with van der Waals surface area (Å²) in [6.45, 7) is 13.8. The highest BCUT2D eigenvalue weighted by molar-refractivity contribution is 5.74. The summed E-state index contributed by atoms with van der Waals surface area (Å²) in [4.78, 5) is 21.5. The van der Waals surface area contributed by atoms with E-state index in [1.165, 1.54) is 6.20 Å². The third kappa shape index (κ3) is 6.22. The topological polar surface area (TPSA) is 114 Å². The lowest BCUT2D eigenvalue weighted by molar-refractivity contribution is 0.0407. The Morgan fingerprint density at radius 1 is 1.24 bits per heavy atom. The van der Waals surface area contributed by atoms with E-state index >= 15 is 0 Å². The number of nitrogens with one attached hydrogen (secondary N) is 1. The number of carbonyl (C=O) groups excluding carboxylic acids is 1. The van der Waals surface area contributed by atoms with Gasteiger partial charge in [-0.1, -0.05) is 13.8 Å². The number of rotatable bonds is 7. The lowest BCUT2D eigenvalue weighted by Crippen LogP contribution is -2.52. The van der Waals surface area contributed by atoms with Crippen LogP contribution in [0.4, 0.5) is 4.79 Å². The van der Waals surface area contributed by atoms with E-state index in [9.17, 15) is 4.79 Å². The van der Waals surface area contributed by atoms with E-state index in [1.807, 2.05) is 46.8 Å². The molecule has 1 amide bonds. The summed E-state index contributed by atoms with van der Waals surface area (Å²) in [5.74, 6) is 0.968. The average molecular weight is 465 g/mol. The van der Waals surface area contributed by atoms with Gasteiger partial charge in [0, 0.05) is 6.20 Å². The first-order valence-electron chi connectivity index (χ1n) is 11.2. The Morgan fingerprint density at radius 2 is 1.97 bits per heavy atom. The molecule has 0 aromatic carbocycles. The Balaban J connectivity index is 1.77. The molecule has 9 nitrogen and oxygen atoms in total. The monoisotopic (exact) mass is 464 g/mol. The van der Waals surface area contributed by atoms with Crippen molar-refractivity contribution < 1.29 is 14.3 Å². The molecule has 0 aliphatic heterocycles. The first kappa shape index (κ1) is 25.0. The second-order valence-corrected chi connectivity index (χ2v) is 10.1. The van der Waals surface area contributed by atoms with Crippen molar-refractivity contribution in [1.82, 2.24) is 24.9 Å². The SMILES string of the molecule is Cc1nc(-c2cnn3cc(C#N)cnc23)ccc1OCC(C)(CC(C)C)NC(=O)OC(C)(C)C. The number of pyridine rings is 1. The second kappa shape index (κ2) is 9.67.